The molecule has 0 saturated carbocycles. The number of furan rings is 1. The molecule has 7 nitrogen and oxygen atoms in total. The number of nitrogens with one attached hydrogen (secondary N) is 1. The summed E-state index contributed by atoms with van der Waals surface area (Å²) in [4.78, 5) is 23.8. The molecule has 6 rings (SSSR count). The second kappa shape index (κ2) is 8.11. The number of aromatic amines is 1. The molecule has 0 bridgehead atoms. The topological polar surface area (TPSA) is 80.6 Å². The normalized spacial score (nSPS) is 18.8. The standard InChI is InChI=1S/C24H23N3O4S/c28-23-22-16(18-5-2-9-29-18)14-32-24(22)26-21(25-23)13-27-8-1-4-17(27)15-6-7-19-20(12-15)31-11-3-10-30-19/h2,5-7,9,12,14,17H,1,3-4,8,10-11,13H2,(H,25,26,28)/t17-/m0/s1. The fourth-order valence-electron chi connectivity index (χ4n) is 4.65. The molecular formula is C24H23N3O4S. The predicted molar refractivity (Wildman–Crippen MR) is 122 cm³/mol. The molecule has 164 valence electrons. The predicted octanol–water partition coefficient (Wildman–Crippen LogP) is 4.74. The Kier molecular flexibility index (Phi) is 4.96. The highest BCUT2D eigenvalue weighted by atomic mass is 32.1. The lowest BCUT2D eigenvalue weighted by atomic mass is 10.0. The van der Waals surface area contributed by atoms with E-state index in [1.165, 1.54) is 16.9 Å². The number of benzene rings is 1. The molecule has 0 unspecified atom stereocenters. The zero-order valence-electron chi connectivity index (χ0n) is 17.5. The smallest absolute Gasteiger partial charge is 0.260 e. The lowest BCUT2D eigenvalue weighted by Gasteiger charge is -2.25. The van der Waals surface area contributed by atoms with E-state index < -0.39 is 0 Å². The highest BCUT2D eigenvalue weighted by Crippen LogP contribution is 2.38. The van der Waals surface area contributed by atoms with Gasteiger partial charge in [-0.3, -0.25) is 9.69 Å². The first-order chi connectivity index (χ1) is 15.8. The van der Waals surface area contributed by atoms with E-state index in [1.54, 1.807) is 6.26 Å². The Labute approximate surface area is 188 Å². The van der Waals surface area contributed by atoms with Gasteiger partial charge in [-0.1, -0.05) is 6.07 Å². The molecule has 2 aliphatic rings. The average Bonchev–Trinajstić information content (AvgIpc) is 3.52. The first-order valence-electron chi connectivity index (χ1n) is 10.9. The van der Waals surface area contributed by atoms with Gasteiger partial charge in [0.1, 0.15) is 16.4 Å². The molecule has 0 radical (unpaired) electrons. The molecule has 0 amide bonds. The van der Waals surface area contributed by atoms with Crippen LogP contribution >= 0.6 is 11.3 Å². The van der Waals surface area contributed by atoms with Gasteiger partial charge in [0.05, 0.1) is 31.4 Å². The van der Waals surface area contributed by atoms with Crippen LogP contribution in [-0.4, -0.2) is 34.6 Å². The summed E-state index contributed by atoms with van der Waals surface area (Å²) < 4.78 is 17.2. The Morgan fingerprint density at radius 2 is 2.06 bits per heavy atom. The van der Waals surface area contributed by atoms with Gasteiger partial charge in [0, 0.05) is 23.4 Å². The van der Waals surface area contributed by atoms with Gasteiger partial charge in [0.15, 0.2) is 11.5 Å². The van der Waals surface area contributed by atoms with Crippen molar-refractivity contribution in [2.75, 3.05) is 19.8 Å². The molecule has 5 heterocycles. The third-order valence-corrected chi connectivity index (χ3v) is 7.02. The van der Waals surface area contributed by atoms with Crippen molar-refractivity contribution in [1.29, 1.82) is 0 Å². The fourth-order valence-corrected chi connectivity index (χ4v) is 5.60. The number of thiophene rings is 1. The summed E-state index contributed by atoms with van der Waals surface area (Å²) in [5.74, 6) is 3.02. The minimum Gasteiger partial charge on any atom is -0.490 e. The highest BCUT2D eigenvalue weighted by Gasteiger charge is 2.28. The van der Waals surface area contributed by atoms with Crippen molar-refractivity contribution in [2.45, 2.75) is 31.8 Å². The third-order valence-electron chi connectivity index (χ3n) is 6.15. The van der Waals surface area contributed by atoms with Gasteiger partial charge in [-0.15, -0.1) is 11.3 Å². The number of H-pyrrole nitrogens is 1. The SMILES string of the molecule is O=c1[nH]c(CN2CCC[C@H]2c2ccc3c(c2)OCCCO3)nc2scc(-c3ccco3)c12. The summed E-state index contributed by atoms with van der Waals surface area (Å²) in [6.07, 6.45) is 4.67. The molecular weight excluding hydrogens is 426 g/mol. The number of fused-ring (bicyclic) bond motifs is 2. The molecule has 8 heteroatoms. The van der Waals surface area contributed by atoms with Crippen LogP contribution in [0, 0.1) is 0 Å². The molecule has 0 spiro atoms. The van der Waals surface area contributed by atoms with Crippen molar-refractivity contribution in [3.63, 3.8) is 0 Å². The Morgan fingerprint density at radius 3 is 2.94 bits per heavy atom. The molecule has 1 fully saturated rings. The van der Waals surface area contributed by atoms with E-state index in [4.69, 9.17) is 18.9 Å². The first kappa shape index (κ1) is 19.6. The summed E-state index contributed by atoms with van der Waals surface area (Å²) in [7, 11) is 0. The fraction of sp³-hybridized carbons (Fsp3) is 0.333. The van der Waals surface area contributed by atoms with Crippen LogP contribution in [0.25, 0.3) is 21.5 Å². The number of rotatable bonds is 4. The van der Waals surface area contributed by atoms with Gasteiger partial charge in [0.2, 0.25) is 0 Å². The molecule has 0 aliphatic carbocycles. The Bertz CT molecular complexity index is 1310. The van der Waals surface area contributed by atoms with E-state index in [2.05, 4.69) is 22.0 Å². The molecule has 3 aromatic heterocycles. The van der Waals surface area contributed by atoms with E-state index in [-0.39, 0.29) is 11.6 Å². The van der Waals surface area contributed by atoms with Crippen molar-refractivity contribution in [3.8, 4) is 22.8 Å². The van der Waals surface area contributed by atoms with Crippen LogP contribution in [0.15, 0.2) is 51.2 Å². The molecule has 32 heavy (non-hydrogen) atoms. The van der Waals surface area contributed by atoms with Crippen molar-refractivity contribution < 1.29 is 13.9 Å². The molecule has 1 N–H and O–H groups in total. The van der Waals surface area contributed by atoms with Crippen molar-refractivity contribution >= 4 is 21.6 Å². The number of hydrogen-bond acceptors (Lipinski definition) is 7. The molecule has 1 aromatic carbocycles. The number of aromatic nitrogens is 2. The summed E-state index contributed by atoms with van der Waals surface area (Å²) in [6, 6.07) is 10.2. The quantitative estimate of drug-likeness (QED) is 0.485. The zero-order chi connectivity index (χ0) is 21.5. The minimum absolute atomic E-state index is 0.121. The molecule has 4 aromatic rings. The molecule has 2 aliphatic heterocycles. The van der Waals surface area contributed by atoms with Gasteiger partial charge in [0.25, 0.3) is 5.56 Å². The van der Waals surface area contributed by atoms with Crippen LogP contribution in [0.1, 0.15) is 36.7 Å². The summed E-state index contributed by atoms with van der Waals surface area (Å²) in [5.41, 5.74) is 1.89. The zero-order valence-corrected chi connectivity index (χ0v) is 18.3. The Hall–Kier alpha value is -3.10. The number of ether oxygens (including phenoxy) is 2. The Morgan fingerprint density at radius 1 is 1.16 bits per heavy atom. The lowest BCUT2D eigenvalue weighted by molar-refractivity contribution is 0.241. The second-order valence-electron chi connectivity index (χ2n) is 8.20. The number of nitrogens with zero attached hydrogens (tertiary/aromatic N) is 2. The summed E-state index contributed by atoms with van der Waals surface area (Å²) in [6.45, 7) is 2.92. The van der Waals surface area contributed by atoms with Gasteiger partial charge in [-0.05, 0) is 49.2 Å². The monoisotopic (exact) mass is 449 g/mol. The summed E-state index contributed by atoms with van der Waals surface area (Å²) in [5, 5.41) is 2.53. The van der Waals surface area contributed by atoms with Gasteiger partial charge in [-0.25, -0.2) is 4.98 Å². The van der Waals surface area contributed by atoms with Crippen LogP contribution in [0.2, 0.25) is 0 Å². The lowest BCUT2D eigenvalue weighted by Crippen LogP contribution is -2.25. The maximum absolute atomic E-state index is 12.9. The van der Waals surface area contributed by atoms with Crippen molar-refractivity contribution in [2.24, 2.45) is 0 Å². The van der Waals surface area contributed by atoms with Crippen molar-refractivity contribution in [3.05, 3.63) is 63.7 Å². The number of likely N-dealkylation sites (tertiary alicyclic amines) is 1. The van der Waals surface area contributed by atoms with E-state index in [0.717, 1.165) is 47.7 Å². The van der Waals surface area contributed by atoms with Crippen LogP contribution in [0.4, 0.5) is 0 Å². The molecule has 1 saturated heterocycles. The number of hydrogen-bond donors (Lipinski definition) is 1. The summed E-state index contributed by atoms with van der Waals surface area (Å²) >= 11 is 1.47. The van der Waals surface area contributed by atoms with E-state index >= 15 is 0 Å². The maximum atomic E-state index is 12.9. The van der Waals surface area contributed by atoms with Crippen molar-refractivity contribution in [1.82, 2.24) is 14.9 Å². The van der Waals surface area contributed by atoms with Crippen LogP contribution < -0.4 is 15.0 Å². The van der Waals surface area contributed by atoms with Gasteiger partial charge in [-0.2, -0.15) is 0 Å². The maximum Gasteiger partial charge on any atom is 0.260 e. The van der Waals surface area contributed by atoms with Gasteiger partial charge >= 0.3 is 0 Å². The van der Waals surface area contributed by atoms with E-state index in [1.807, 2.05) is 23.6 Å². The third kappa shape index (κ3) is 3.49. The molecule has 1 atom stereocenters. The Balaban J connectivity index is 1.28. The van der Waals surface area contributed by atoms with Crippen LogP contribution in [0.3, 0.4) is 0 Å². The van der Waals surface area contributed by atoms with Crippen LogP contribution in [0.5, 0.6) is 11.5 Å². The first-order valence-corrected chi connectivity index (χ1v) is 11.8. The van der Waals surface area contributed by atoms with Crippen LogP contribution in [-0.2, 0) is 6.54 Å². The van der Waals surface area contributed by atoms with E-state index in [0.29, 0.717) is 36.7 Å². The van der Waals surface area contributed by atoms with E-state index in [9.17, 15) is 4.79 Å². The average molecular weight is 450 g/mol. The second-order valence-corrected chi connectivity index (χ2v) is 9.06. The van der Waals surface area contributed by atoms with Gasteiger partial charge < -0.3 is 18.9 Å². The largest absolute Gasteiger partial charge is 0.490 e. The minimum atomic E-state index is -0.121. The highest BCUT2D eigenvalue weighted by molar-refractivity contribution is 7.17.